The number of hydrogen-bond acceptors (Lipinski definition) is 32. The lowest BCUT2D eigenvalue weighted by Crippen LogP contribution is -2.70. The Morgan fingerprint density at radius 3 is 0.616 bits per heavy atom. The van der Waals surface area contributed by atoms with Gasteiger partial charge in [0.25, 0.3) is 0 Å². The molecule has 2 N–H and O–H groups in total. The number of hydrogen-bond donors (Lipinski definition) is 2. The van der Waals surface area contributed by atoms with Gasteiger partial charge in [0.05, 0.1) is 38.6 Å². The van der Waals surface area contributed by atoms with Crippen molar-refractivity contribution < 1.29 is 143 Å². The summed E-state index contributed by atoms with van der Waals surface area (Å²) in [6.07, 6.45) is -39.9. The van der Waals surface area contributed by atoms with Gasteiger partial charge in [0.15, 0.2) is 49.9 Å². The number of aliphatic hydroxyl groups excluding tert-OH is 2. The Morgan fingerprint density at radius 2 is 0.442 bits per heavy atom. The van der Waals surface area contributed by atoms with Gasteiger partial charge in [-0.2, -0.15) is 10.5 Å². The van der Waals surface area contributed by atoms with Crippen LogP contribution in [0.25, 0.3) is 0 Å². The van der Waals surface area contributed by atoms with Crippen LogP contribution in [0.15, 0.2) is 0 Å². The Kier molecular flexibility index (Phi) is 28.1. The van der Waals surface area contributed by atoms with Crippen molar-refractivity contribution in [3.8, 4) is 12.1 Å². The fourth-order valence-corrected chi connectivity index (χ4v) is 12.7. The van der Waals surface area contributed by atoms with Gasteiger partial charge in [-0.05, 0) is 0 Å². The highest BCUT2D eigenvalue weighted by Gasteiger charge is 2.62. The molecule has 0 unspecified atom stereocenters. The maximum atomic E-state index is 11.6. The van der Waals surface area contributed by atoms with E-state index in [1.54, 1.807) is 0 Å². The molecule has 22 saturated heterocycles. The lowest BCUT2D eigenvalue weighted by Gasteiger charge is -2.53. The first-order valence-corrected chi connectivity index (χ1v) is 28.0. The van der Waals surface area contributed by atoms with Crippen LogP contribution in [0.4, 0.5) is 0 Å². The van der Waals surface area contributed by atoms with Crippen molar-refractivity contribution in [3.63, 3.8) is 0 Å². The molecular formula is C54H90N2O30. The van der Waals surface area contributed by atoms with Crippen LogP contribution in [0, 0.1) is 22.7 Å². The summed E-state index contributed by atoms with van der Waals surface area (Å²) in [6.45, 7) is -0.493. The molecule has 22 aliphatic rings. The summed E-state index contributed by atoms with van der Waals surface area (Å²) in [7, 11) is 22.8. The molecule has 496 valence electrons. The first kappa shape index (κ1) is 71.2. The quantitative estimate of drug-likeness (QED) is 0.103. The molecule has 0 aliphatic carbocycles. The van der Waals surface area contributed by atoms with E-state index in [1.807, 2.05) is 12.1 Å². The van der Waals surface area contributed by atoms with Crippen LogP contribution in [-0.2, 0) is 133 Å². The monoisotopic (exact) mass is 1250 g/mol. The van der Waals surface area contributed by atoms with Crippen LogP contribution in [0.2, 0.25) is 0 Å². The van der Waals surface area contributed by atoms with E-state index in [2.05, 4.69) is 0 Å². The van der Waals surface area contributed by atoms with Gasteiger partial charge in [0.1, 0.15) is 146 Å². The lowest BCUT2D eigenvalue weighted by molar-refractivity contribution is -0.411. The maximum absolute atomic E-state index is 11.6. The molecule has 22 heterocycles. The number of nitriles is 2. The van der Waals surface area contributed by atoms with Crippen LogP contribution < -0.4 is 0 Å². The third-order valence-corrected chi connectivity index (χ3v) is 16.7. The van der Waals surface area contributed by atoms with Crippen LogP contribution in [0.3, 0.4) is 0 Å². The molecule has 86 heavy (non-hydrogen) atoms. The van der Waals surface area contributed by atoms with Crippen LogP contribution in [-0.4, -0.2) is 347 Å². The van der Waals surface area contributed by atoms with Crippen LogP contribution >= 0.6 is 0 Å². The lowest BCUT2D eigenvalue weighted by atomic mass is 9.92. The fourth-order valence-electron chi connectivity index (χ4n) is 12.7. The third-order valence-electron chi connectivity index (χ3n) is 16.7. The highest BCUT2D eigenvalue weighted by Crippen LogP contribution is 2.42. The standard InChI is InChI=1S/C54H90N2O30/c1-59-19-25-31-35(63-5)45(71-13)51(77-25)85-41-29(23(57)17-55)79-53(47(73-15)39(41)67-9)84-34-28(22-62-4)76-50(44(70-12)38(34)66-8)82-32-26(20-60-2)78-52(46(72-14)36(32)64-6)86-42-30(24(58)18-56)80-54(48(74-16)40(42)68-10)83-33-27(21-61-3)75-49(81-31)43(69-11)37(33)65-7/h23-54,57-58H,19-22H2,1-16H3/t23-,24-,25+,26+,27+,28+,29+,30+,31+,32+,33+,34+,35-,36-,37-,38-,39-,40-,41+,42+,43+,44+,45+,46+,47+,48+,49+,50+,51+,52+,53+,54+/m0/s1. The van der Waals surface area contributed by atoms with Crippen molar-refractivity contribution in [1.82, 2.24) is 0 Å². The van der Waals surface area contributed by atoms with E-state index in [1.165, 1.54) is 114 Å². The Labute approximate surface area is 501 Å². The zero-order chi connectivity index (χ0) is 62.5. The Balaban J connectivity index is 1.37. The maximum Gasteiger partial charge on any atom is 0.187 e. The predicted octanol–water partition coefficient (Wildman–Crippen LogP) is -2.80. The molecule has 32 nitrogen and oxygen atoms in total. The predicted molar refractivity (Wildman–Crippen MR) is 282 cm³/mol. The molecule has 0 aromatic carbocycles. The van der Waals surface area contributed by atoms with E-state index in [-0.39, 0.29) is 26.4 Å². The van der Waals surface area contributed by atoms with Crippen molar-refractivity contribution in [2.24, 2.45) is 0 Å². The second-order valence-electron chi connectivity index (χ2n) is 21.1. The molecule has 0 amide bonds. The van der Waals surface area contributed by atoms with Gasteiger partial charge < -0.3 is 143 Å². The number of ether oxygens (including phenoxy) is 28. The van der Waals surface area contributed by atoms with Gasteiger partial charge >= 0.3 is 0 Å². The minimum atomic E-state index is -1.87. The second-order valence-corrected chi connectivity index (χ2v) is 21.1. The van der Waals surface area contributed by atoms with E-state index >= 15 is 0 Å². The topological polar surface area (TPSA) is 346 Å². The Morgan fingerprint density at radius 1 is 0.267 bits per heavy atom. The molecule has 0 radical (unpaired) electrons. The Hall–Kier alpha value is -2.22. The van der Waals surface area contributed by atoms with E-state index in [0.717, 1.165) is 0 Å². The van der Waals surface area contributed by atoms with Gasteiger partial charge in [-0.15, -0.1) is 0 Å². The van der Waals surface area contributed by atoms with Crippen molar-refractivity contribution in [2.75, 3.05) is 140 Å². The zero-order valence-corrected chi connectivity index (χ0v) is 51.5. The van der Waals surface area contributed by atoms with E-state index in [9.17, 15) is 20.7 Å². The summed E-state index contributed by atoms with van der Waals surface area (Å²) in [5.41, 5.74) is 0. The van der Waals surface area contributed by atoms with Gasteiger partial charge in [-0.25, -0.2) is 0 Å². The van der Waals surface area contributed by atoms with Crippen LogP contribution in [0.5, 0.6) is 0 Å². The van der Waals surface area contributed by atoms with Gasteiger partial charge in [0.2, 0.25) is 0 Å². The molecule has 22 fully saturated rings. The summed E-state index contributed by atoms with van der Waals surface area (Å²) in [6, 6.07) is 3.73. The summed E-state index contributed by atoms with van der Waals surface area (Å²) < 4.78 is 178. The smallest absolute Gasteiger partial charge is 0.187 e. The molecule has 0 aromatic rings. The first-order chi connectivity index (χ1) is 41.7. The summed E-state index contributed by atoms with van der Waals surface area (Å²) in [5.74, 6) is 0. The highest BCUT2D eigenvalue weighted by atomic mass is 16.8. The van der Waals surface area contributed by atoms with Crippen molar-refractivity contribution in [1.29, 1.82) is 10.5 Å². The third kappa shape index (κ3) is 14.8. The minimum absolute atomic E-state index is 0.123. The molecule has 32 heteroatoms. The summed E-state index contributed by atoms with van der Waals surface area (Å²) in [4.78, 5) is 0. The molecule has 0 saturated carbocycles. The summed E-state index contributed by atoms with van der Waals surface area (Å²) in [5, 5.41) is 43.9. The van der Waals surface area contributed by atoms with Gasteiger partial charge in [-0.1, -0.05) is 0 Å². The van der Waals surface area contributed by atoms with Crippen molar-refractivity contribution in [2.45, 2.75) is 196 Å². The van der Waals surface area contributed by atoms with E-state index in [0.29, 0.717) is 0 Å². The number of rotatable bonds is 22. The number of methoxy groups -OCH3 is 16. The SMILES string of the molecule is COC[C@H]1O[C@@H]2O[C@H]3[C@H](OC)[C@@H](OC)[C@H](O[C@@H]3[C@@H](O)C#N)O[C@H]3[C@H](OC)[C@@H](OC)[C@@H](O[C@H]4[C@H](OC)[C@@H](OC)[C@@H](O[C@H]5[C@H](OC)[C@@H](OC)[C@H](O[C@@H]5[C@@H](O)C#N)O[C@H]5[C@H](OC)[C@@H](OC)[C@@H](O[C@H]1[C@H](OC)[C@H]2OC)O[C@@H]5COC)O[C@@H]4COC)O[C@@H]3COC. The average Bonchev–Trinajstić information content (AvgIpc) is 1.89. The normalized spacial score (nSPS) is 45.8. The second kappa shape index (κ2) is 33.9. The van der Waals surface area contributed by atoms with Gasteiger partial charge in [0, 0.05) is 114 Å². The fraction of sp³-hybridized carbons (Fsp3) is 0.963. The molecule has 22 aliphatic heterocycles. The van der Waals surface area contributed by atoms with Gasteiger partial charge in [-0.3, -0.25) is 0 Å². The molecular weight excluding hydrogens is 1160 g/mol. The van der Waals surface area contributed by atoms with Crippen LogP contribution in [0.1, 0.15) is 0 Å². The largest absolute Gasteiger partial charge is 0.382 e. The summed E-state index contributed by atoms with van der Waals surface area (Å²) >= 11 is 0. The molecule has 0 spiro atoms. The number of aliphatic hydroxyl groups is 2. The average molecular weight is 1250 g/mol. The molecule has 12 bridgehead atoms. The minimum Gasteiger partial charge on any atom is -0.382 e. The molecule has 22 rings (SSSR count). The Bertz CT molecular complexity index is 1920. The molecule has 32 atom stereocenters. The van der Waals surface area contributed by atoms with Crippen molar-refractivity contribution in [3.05, 3.63) is 0 Å². The van der Waals surface area contributed by atoms with E-state index in [4.69, 9.17) is 133 Å². The number of nitrogens with zero attached hydrogens (tertiary/aromatic N) is 2. The highest BCUT2D eigenvalue weighted by molar-refractivity contribution is 5.07. The van der Waals surface area contributed by atoms with Crippen molar-refractivity contribution >= 4 is 0 Å². The van der Waals surface area contributed by atoms with E-state index < -0.39 is 196 Å². The first-order valence-electron chi connectivity index (χ1n) is 28.0. The molecule has 0 aromatic heterocycles. The zero-order valence-electron chi connectivity index (χ0n) is 51.5.